The van der Waals surface area contributed by atoms with Crippen molar-refractivity contribution >= 4 is 15.9 Å². The second-order valence-corrected chi connectivity index (χ2v) is 4.48. The summed E-state index contributed by atoms with van der Waals surface area (Å²) in [6.07, 6.45) is 1.73. The lowest BCUT2D eigenvalue weighted by Gasteiger charge is -2.01. The molecule has 1 aromatic carbocycles. The first-order chi connectivity index (χ1) is 8.78. The number of hydrogen-bond donors (Lipinski definition) is 0. The first-order valence-corrected chi connectivity index (χ1v) is 6.43. The predicted octanol–water partition coefficient (Wildman–Crippen LogP) is 3.64. The van der Waals surface area contributed by atoms with Gasteiger partial charge in [0, 0.05) is 16.2 Å². The molecule has 0 radical (unpaired) electrons. The fraction of sp³-hybridized carbons (Fsp3) is 0.133. The zero-order valence-corrected chi connectivity index (χ0v) is 11.6. The fourth-order valence-corrected chi connectivity index (χ4v) is 1.75. The minimum Gasteiger partial charge on any atom is -0.494 e. The molecular weight excluding hydrogens is 290 g/mol. The highest BCUT2D eigenvalue weighted by Crippen LogP contribution is 2.12. The van der Waals surface area contributed by atoms with Gasteiger partial charge in [0.1, 0.15) is 11.4 Å². The Balaban J connectivity index is 2.14. The molecule has 0 aliphatic rings. The van der Waals surface area contributed by atoms with Crippen molar-refractivity contribution < 1.29 is 4.74 Å². The summed E-state index contributed by atoms with van der Waals surface area (Å²) in [4.78, 5) is 4.17. The van der Waals surface area contributed by atoms with Crippen molar-refractivity contribution in [1.82, 2.24) is 4.98 Å². The van der Waals surface area contributed by atoms with Crippen LogP contribution in [0.2, 0.25) is 0 Å². The van der Waals surface area contributed by atoms with Crippen molar-refractivity contribution in [3.63, 3.8) is 0 Å². The number of pyridine rings is 1. The average Bonchev–Trinajstić information content (AvgIpc) is 2.38. The van der Waals surface area contributed by atoms with Crippen LogP contribution in [0.1, 0.15) is 18.2 Å². The summed E-state index contributed by atoms with van der Waals surface area (Å²) < 4.78 is 6.35. The summed E-state index contributed by atoms with van der Waals surface area (Å²) in [5.74, 6) is 6.95. The number of benzene rings is 1. The van der Waals surface area contributed by atoms with Crippen LogP contribution in [0.25, 0.3) is 0 Å². The van der Waals surface area contributed by atoms with Crippen LogP contribution in [0.5, 0.6) is 5.75 Å². The summed E-state index contributed by atoms with van der Waals surface area (Å²) in [6.45, 7) is 2.64. The molecule has 0 spiro atoms. The van der Waals surface area contributed by atoms with Crippen LogP contribution in [0.3, 0.4) is 0 Å². The minimum absolute atomic E-state index is 0.674. The van der Waals surface area contributed by atoms with Gasteiger partial charge in [-0.15, -0.1) is 0 Å². The predicted molar refractivity (Wildman–Crippen MR) is 75.5 cm³/mol. The molecule has 1 aromatic heterocycles. The third-order valence-corrected chi connectivity index (χ3v) is 2.72. The number of halogens is 1. The lowest BCUT2D eigenvalue weighted by atomic mass is 10.2. The molecule has 0 saturated heterocycles. The summed E-state index contributed by atoms with van der Waals surface area (Å²) in [7, 11) is 0. The molecule has 2 rings (SSSR count). The van der Waals surface area contributed by atoms with Gasteiger partial charge in [0.05, 0.1) is 6.61 Å². The topological polar surface area (TPSA) is 22.1 Å². The molecule has 0 unspecified atom stereocenters. The standard InChI is InChI=1S/C15H12BrNO/c1-2-18-15-7-4-12(5-8-15)3-6-14-11-13(16)9-10-17-14/h4-5,7-11H,2H2,1H3. The Morgan fingerprint density at radius 2 is 1.94 bits per heavy atom. The van der Waals surface area contributed by atoms with Gasteiger partial charge in [-0.25, -0.2) is 4.98 Å². The fourth-order valence-electron chi connectivity index (χ4n) is 1.41. The molecule has 0 amide bonds. The quantitative estimate of drug-likeness (QED) is 0.790. The normalized spacial score (nSPS) is 9.44. The van der Waals surface area contributed by atoms with Crippen LogP contribution >= 0.6 is 15.9 Å². The number of rotatable bonds is 2. The van der Waals surface area contributed by atoms with Crippen molar-refractivity contribution in [2.24, 2.45) is 0 Å². The minimum atomic E-state index is 0.674. The summed E-state index contributed by atoms with van der Waals surface area (Å²) in [6, 6.07) is 11.5. The molecule has 0 atom stereocenters. The third kappa shape index (κ3) is 3.61. The van der Waals surface area contributed by atoms with Crippen LogP contribution in [-0.2, 0) is 0 Å². The first kappa shape index (κ1) is 12.7. The Hall–Kier alpha value is -1.79. The first-order valence-electron chi connectivity index (χ1n) is 5.64. The van der Waals surface area contributed by atoms with Gasteiger partial charge < -0.3 is 4.74 Å². The Morgan fingerprint density at radius 3 is 2.61 bits per heavy atom. The second kappa shape index (κ2) is 6.23. The second-order valence-electron chi connectivity index (χ2n) is 3.57. The van der Waals surface area contributed by atoms with Crippen molar-refractivity contribution in [2.75, 3.05) is 6.61 Å². The maximum Gasteiger partial charge on any atom is 0.119 e. The van der Waals surface area contributed by atoms with Gasteiger partial charge in [0.2, 0.25) is 0 Å². The Morgan fingerprint density at radius 1 is 1.17 bits per heavy atom. The van der Waals surface area contributed by atoms with Crippen molar-refractivity contribution in [3.8, 4) is 17.6 Å². The SMILES string of the molecule is CCOc1ccc(C#Cc2cc(Br)ccn2)cc1. The summed E-state index contributed by atoms with van der Waals surface area (Å²) in [5.41, 5.74) is 1.69. The van der Waals surface area contributed by atoms with E-state index in [4.69, 9.17) is 4.74 Å². The lowest BCUT2D eigenvalue weighted by molar-refractivity contribution is 0.340. The van der Waals surface area contributed by atoms with E-state index in [1.54, 1.807) is 6.20 Å². The molecule has 0 fully saturated rings. The Bertz CT molecular complexity index is 581. The van der Waals surface area contributed by atoms with E-state index in [0.29, 0.717) is 6.61 Å². The van der Waals surface area contributed by atoms with E-state index in [-0.39, 0.29) is 0 Å². The summed E-state index contributed by atoms with van der Waals surface area (Å²) >= 11 is 3.39. The van der Waals surface area contributed by atoms with Crippen LogP contribution in [0.4, 0.5) is 0 Å². The molecule has 18 heavy (non-hydrogen) atoms. The lowest BCUT2D eigenvalue weighted by Crippen LogP contribution is -1.90. The maximum absolute atomic E-state index is 5.37. The highest BCUT2D eigenvalue weighted by atomic mass is 79.9. The largest absolute Gasteiger partial charge is 0.494 e. The highest BCUT2D eigenvalue weighted by molar-refractivity contribution is 9.10. The van der Waals surface area contributed by atoms with Crippen molar-refractivity contribution in [2.45, 2.75) is 6.92 Å². The summed E-state index contributed by atoms with van der Waals surface area (Å²) in [5, 5.41) is 0. The molecular formula is C15H12BrNO. The third-order valence-electron chi connectivity index (χ3n) is 2.22. The molecule has 0 N–H and O–H groups in total. The maximum atomic E-state index is 5.37. The molecule has 90 valence electrons. The van der Waals surface area contributed by atoms with Gasteiger partial charge in [-0.2, -0.15) is 0 Å². The van der Waals surface area contributed by atoms with Gasteiger partial charge in [0.25, 0.3) is 0 Å². The zero-order chi connectivity index (χ0) is 12.8. The molecule has 0 bridgehead atoms. The molecule has 2 nitrogen and oxygen atoms in total. The van der Waals surface area contributed by atoms with Crippen LogP contribution in [0, 0.1) is 11.8 Å². The van der Waals surface area contributed by atoms with Gasteiger partial charge in [-0.05, 0) is 49.2 Å². The highest BCUT2D eigenvalue weighted by Gasteiger charge is 1.92. The number of hydrogen-bond acceptors (Lipinski definition) is 2. The van der Waals surface area contributed by atoms with Crippen molar-refractivity contribution in [3.05, 3.63) is 58.3 Å². The van der Waals surface area contributed by atoms with E-state index in [9.17, 15) is 0 Å². The molecule has 2 aromatic rings. The monoisotopic (exact) mass is 301 g/mol. The van der Waals surface area contributed by atoms with E-state index in [2.05, 4.69) is 32.8 Å². The zero-order valence-electron chi connectivity index (χ0n) is 9.98. The van der Waals surface area contributed by atoms with Crippen LogP contribution in [0.15, 0.2) is 47.1 Å². The van der Waals surface area contributed by atoms with Gasteiger partial charge in [0.15, 0.2) is 0 Å². The molecule has 0 aliphatic carbocycles. The van der Waals surface area contributed by atoms with Gasteiger partial charge in [-0.3, -0.25) is 0 Å². The van der Waals surface area contributed by atoms with Crippen molar-refractivity contribution in [1.29, 1.82) is 0 Å². The molecule has 0 saturated carbocycles. The van der Waals surface area contributed by atoms with E-state index in [0.717, 1.165) is 21.5 Å². The Kier molecular flexibility index (Phi) is 4.38. The van der Waals surface area contributed by atoms with E-state index < -0.39 is 0 Å². The Labute approximate surface area is 115 Å². The van der Waals surface area contributed by atoms with Gasteiger partial charge >= 0.3 is 0 Å². The number of nitrogens with zero attached hydrogens (tertiary/aromatic N) is 1. The molecule has 0 aliphatic heterocycles. The van der Waals surface area contributed by atoms with Crippen LogP contribution in [-0.4, -0.2) is 11.6 Å². The smallest absolute Gasteiger partial charge is 0.119 e. The van der Waals surface area contributed by atoms with E-state index in [1.165, 1.54) is 0 Å². The number of ether oxygens (including phenoxy) is 1. The molecule has 1 heterocycles. The van der Waals surface area contributed by atoms with E-state index >= 15 is 0 Å². The number of aromatic nitrogens is 1. The average molecular weight is 302 g/mol. The van der Waals surface area contributed by atoms with Gasteiger partial charge in [-0.1, -0.05) is 21.9 Å². The molecule has 3 heteroatoms. The van der Waals surface area contributed by atoms with Crippen LogP contribution < -0.4 is 4.74 Å². The van der Waals surface area contributed by atoms with E-state index in [1.807, 2.05) is 43.3 Å².